The highest BCUT2D eigenvalue weighted by Gasteiger charge is 2.49. The lowest BCUT2D eigenvalue weighted by atomic mass is 9.80. The summed E-state index contributed by atoms with van der Waals surface area (Å²) in [5.74, 6) is 2.36. The third kappa shape index (κ3) is 1.56. The van der Waals surface area contributed by atoms with E-state index in [0.717, 1.165) is 18.8 Å². The SMILES string of the molecule is CC1CC(NC(=O)C2C3CCC(C3)C2N)C1. The van der Waals surface area contributed by atoms with Crippen LogP contribution in [-0.4, -0.2) is 18.0 Å². The fourth-order valence-electron chi connectivity index (χ4n) is 4.04. The van der Waals surface area contributed by atoms with Crippen LogP contribution in [0.25, 0.3) is 0 Å². The van der Waals surface area contributed by atoms with Crippen molar-refractivity contribution in [3.63, 3.8) is 0 Å². The van der Waals surface area contributed by atoms with Crippen molar-refractivity contribution in [2.24, 2.45) is 29.4 Å². The van der Waals surface area contributed by atoms with Gasteiger partial charge in [0.15, 0.2) is 0 Å². The second kappa shape index (κ2) is 3.73. The molecule has 0 radical (unpaired) electrons. The van der Waals surface area contributed by atoms with Crippen LogP contribution in [-0.2, 0) is 4.79 Å². The van der Waals surface area contributed by atoms with Gasteiger partial charge >= 0.3 is 0 Å². The van der Waals surface area contributed by atoms with E-state index < -0.39 is 0 Å². The minimum Gasteiger partial charge on any atom is -0.353 e. The summed E-state index contributed by atoms with van der Waals surface area (Å²) in [6.07, 6.45) is 5.97. The van der Waals surface area contributed by atoms with Crippen molar-refractivity contribution in [3.8, 4) is 0 Å². The zero-order valence-electron chi connectivity index (χ0n) is 9.99. The van der Waals surface area contributed by atoms with Crippen molar-refractivity contribution < 1.29 is 4.79 Å². The van der Waals surface area contributed by atoms with Gasteiger partial charge in [0, 0.05) is 12.1 Å². The zero-order valence-corrected chi connectivity index (χ0v) is 9.99. The first-order chi connectivity index (χ1) is 7.65. The predicted molar refractivity (Wildman–Crippen MR) is 62.6 cm³/mol. The first-order valence-corrected chi connectivity index (χ1v) is 6.71. The average molecular weight is 222 g/mol. The van der Waals surface area contributed by atoms with Gasteiger partial charge in [-0.2, -0.15) is 0 Å². The Balaban J connectivity index is 1.58. The van der Waals surface area contributed by atoms with Gasteiger partial charge in [-0.3, -0.25) is 4.79 Å². The molecule has 2 bridgehead atoms. The summed E-state index contributed by atoms with van der Waals surface area (Å²) in [6.45, 7) is 2.24. The molecule has 3 fully saturated rings. The highest BCUT2D eigenvalue weighted by atomic mass is 16.2. The smallest absolute Gasteiger partial charge is 0.225 e. The molecule has 4 unspecified atom stereocenters. The quantitative estimate of drug-likeness (QED) is 0.739. The molecule has 0 spiro atoms. The van der Waals surface area contributed by atoms with E-state index in [1.54, 1.807) is 0 Å². The lowest BCUT2D eigenvalue weighted by Crippen LogP contribution is -2.51. The second-order valence-corrected chi connectivity index (χ2v) is 6.22. The van der Waals surface area contributed by atoms with Crippen molar-refractivity contribution in [1.29, 1.82) is 0 Å². The Labute approximate surface area is 97.2 Å². The molecule has 0 aromatic heterocycles. The number of nitrogens with one attached hydrogen (secondary N) is 1. The van der Waals surface area contributed by atoms with Gasteiger partial charge in [0.25, 0.3) is 0 Å². The van der Waals surface area contributed by atoms with Gasteiger partial charge in [-0.05, 0) is 49.9 Å². The van der Waals surface area contributed by atoms with Crippen molar-refractivity contribution in [3.05, 3.63) is 0 Å². The number of amides is 1. The molecule has 1 amide bonds. The van der Waals surface area contributed by atoms with Crippen molar-refractivity contribution in [2.75, 3.05) is 0 Å². The zero-order chi connectivity index (χ0) is 11.3. The fourth-order valence-corrected chi connectivity index (χ4v) is 4.04. The summed E-state index contributed by atoms with van der Waals surface area (Å²) in [5.41, 5.74) is 6.17. The van der Waals surface area contributed by atoms with E-state index in [9.17, 15) is 4.79 Å². The summed E-state index contributed by atoms with van der Waals surface area (Å²) in [4.78, 5) is 12.2. The normalized spacial score (nSPS) is 50.1. The molecular weight excluding hydrogens is 200 g/mol. The Morgan fingerprint density at radius 2 is 1.88 bits per heavy atom. The number of nitrogens with two attached hydrogens (primary N) is 1. The summed E-state index contributed by atoms with van der Waals surface area (Å²) >= 11 is 0. The van der Waals surface area contributed by atoms with E-state index >= 15 is 0 Å². The molecular formula is C13H22N2O. The number of fused-ring (bicyclic) bond motifs is 2. The fraction of sp³-hybridized carbons (Fsp3) is 0.923. The van der Waals surface area contributed by atoms with Crippen LogP contribution in [0.4, 0.5) is 0 Å². The minimum atomic E-state index is 0.120. The molecule has 3 N–H and O–H groups in total. The van der Waals surface area contributed by atoms with Gasteiger partial charge < -0.3 is 11.1 Å². The van der Waals surface area contributed by atoms with E-state index in [1.807, 2.05) is 0 Å². The number of hydrogen-bond acceptors (Lipinski definition) is 2. The number of carbonyl (C=O) groups excluding carboxylic acids is 1. The molecule has 4 atom stereocenters. The van der Waals surface area contributed by atoms with Crippen LogP contribution < -0.4 is 11.1 Å². The molecule has 3 heteroatoms. The van der Waals surface area contributed by atoms with Gasteiger partial charge in [-0.25, -0.2) is 0 Å². The second-order valence-electron chi connectivity index (χ2n) is 6.22. The number of rotatable bonds is 2. The molecule has 3 aliphatic rings. The third-order valence-electron chi connectivity index (χ3n) is 5.00. The maximum atomic E-state index is 12.2. The van der Waals surface area contributed by atoms with Crippen LogP contribution in [0, 0.1) is 23.7 Å². The molecule has 3 aliphatic carbocycles. The summed E-state index contributed by atoms with van der Waals surface area (Å²) in [5, 5.41) is 3.19. The molecule has 16 heavy (non-hydrogen) atoms. The maximum absolute atomic E-state index is 12.2. The highest BCUT2D eigenvalue weighted by Crippen LogP contribution is 2.47. The van der Waals surface area contributed by atoms with Crippen molar-refractivity contribution in [2.45, 2.75) is 51.1 Å². The van der Waals surface area contributed by atoms with E-state index in [1.165, 1.54) is 19.3 Å². The van der Waals surface area contributed by atoms with Gasteiger partial charge in [-0.1, -0.05) is 6.92 Å². The van der Waals surface area contributed by atoms with E-state index in [2.05, 4.69) is 12.2 Å². The van der Waals surface area contributed by atoms with Crippen molar-refractivity contribution >= 4 is 5.91 Å². The van der Waals surface area contributed by atoms with Gasteiger partial charge in [0.05, 0.1) is 5.92 Å². The Hall–Kier alpha value is -0.570. The highest BCUT2D eigenvalue weighted by molar-refractivity contribution is 5.80. The van der Waals surface area contributed by atoms with E-state index in [0.29, 0.717) is 17.9 Å². The molecule has 0 aliphatic heterocycles. The molecule has 3 saturated carbocycles. The van der Waals surface area contributed by atoms with Crippen LogP contribution >= 0.6 is 0 Å². The predicted octanol–water partition coefficient (Wildman–Crippen LogP) is 1.27. The molecule has 90 valence electrons. The van der Waals surface area contributed by atoms with Crippen LogP contribution in [0.3, 0.4) is 0 Å². The van der Waals surface area contributed by atoms with Crippen molar-refractivity contribution in [1.82, 2.24) is 5.32 Å². The van der Waals surface area contributed by atoms with E-state index in [-0.39, 0.29) is 17.9 Å². The Morgan fingerprint density at radius 1 is 1.19 bits per heavy atom. The van der Waals surface area contributed by atoms with Gasteiger partial charge in [0.2, 0.25) is 5.91 Å². The maximum Gasteiger partial charge on any atom is 0.225 e. The molecule has 0 aromatic carbocycles. The molecule has 3 nitrogen and oxygen atoms in total. The number of carbonyl (C=O) groups is 1. The topological polar surface area (TPSA) is 55.1 Å². The number of hydrogen-bond donors (Lipinski definition) is 2. The Kier molecular flexibility index (Phi) is 2.46. The van der Waals surface area contributed by atoms with Gasteiger partial charge in [0.1, 0.15) is 0 Å². The van der Waals surface area contributed by atoms with Gasteiger partial charge in [-0.15, -0.1) is 0 Å². The van der Waals surface area contributed by atoms with E-state index in [4.69, 9.17) is 5.73 Å². The van der Waals surface area contributed by atoms with Crippen LogP contribution in [0.1, 0.15) is 39.0 Å². The standard InChI is InChI=1S/C13H22N2O/c1-7-4-10(5-7)15-13(16)11-8-2-3-9(6-8)12(11)14/h7-12H,2-6,14H2,1H3,(H,15,16). The monoisotopic (exact) mass is 222 g/mol. The van der Waals surface area contributed by atoms with Crippen LogP contribution in [0.2, 0.25) is 0 Å². The first kappa shape index (κ1) is 10.6. The Bertz CT molecular complexity index is 296. The molecule has 3 rings (SSSR count). The summed E-state index contributed by atoms with van der Waals surface area (Å²) < 4.78 is 0. The molecule has 0 aromatic rings. The lowest BCUT2D eigenvalue weighted by Gasteiger charge is -2.36. The minimum absolute atomic E-state index is 0.120. The summed E-state index contributed by atoms with van der Waals surface area (Å²) in [6, 6.07) is 0.574. The lowest BCUT2D eigenvalue weighted by molar-refractivity contribution is -0.128. The molecule has 0 heterocycles. The van der Waals surface area contributed by atoms with Crippen LogP contribution in [0.5, 0.6) is 0 Å². The average Bonchev–Trinajstić information content (AvgIpc) is 2.75. The van der Waals surface area contributed by atoms with Crippen LogP contribution in [0.15, 0.2) is 0 Å². The Morgan fingerprint density at radius 3 is 2.44 bits per heavy atom. The first-order valence-electron chi connectivity index (χ1n) is 6.71. The molecule has 0 saturated heterocycles. The third-order valence-corrected chi connectivity index (χ3v) is 5.00. The largest absolute Gasteiger partial charge is 0.353 e. The summed E-state index contributed by atoms with van der Waals surface area (Å²) in [7, 11) is 0.